The third kappa shape index (κ3) is 2.65. The summed E-state index contributed by atoms with van der Waals surface area (Å²) in [6, 6.07) is 14.4. The molecule has 1 atom stereocenters. The predicted molar refractivity (Wildman–Crippen MR) is 68.8 cm³/mol. The van der Waals surface area contributed by atoms with E-state index in [0.29, 0.717) is 5.02 Å². The van der Waals surface area contributed by atoms with Crippen molar-refractivity contribution >= 4 is 11.6 Å². The highest BCUT2D eigenvalue weighted by molar-refractivity contribution is 6.31. The van der Waals surface area contributed by atoms with E-state index in [9.17, 15) is 4.39 Å². The van der Waals surface area contributed by atoms with E-state index in [-0.39, 0.29) is 11.9 Å². The van der Waals surface area contributed by atoms with Gasteiger partial charge in [0.15, 0.2) is 0 Å². The zero-order chi connectivity index (χ0) is 12.3. The average Bonchev–Trinajstić information content (AvgIpc) is 2.34. The van der Waals surface area contributed by atoms with Crippen LogP contribution >= 0.6 is 11.6 Å². The van der Waals surface area contributed by atoms with E-state index in [1.54, 1.807) is 6.07 Å². The molecule has 0 aliphatic carbocycles. The van der Waals surface area contributed by atoms with Crippen LogP contribution in [0.15, 0.2) is 48.5 Å². The van der Waals surface area contributed by atoms with Crippen LogP contribution in [0.5, 0.6) is 0 Å². The molecule has 1 nitrogen and oxygen atoms in total. The van der Waals surface area contributed by atoms with Gasteiger partial charge in [0.2, 0.25) is 0 Å². The molecular weight excluding hydrogens is 237 g/mol. The van der Waals surface area contributed by atoms with Crippen LogP contribution in [0, 0.1) is 5.82 Å². The van der Waals surface area contributed by atoms with Crippen LogP contribution in [-0.2, 0) is 0 Å². The van der Waals surface area contributed by atoms with Crippen LogP contribution in [-0.4, -0.2) is 7.05 Å². The predicted octanol–water partition coefficient (Wildman–Crippen LogP) is 3.79. The summed E-state index contributed by atoms with van der Waals surface area (Å²) in [5.74, 6) is -0.318. The standard InChI is InChI=1S/C14H13ClFN/c1-17-14(10-5-3-2-4-6-10)12-8-7-11(16)9-13(12)15/h2-9,14,17H,1H3/t14-/m0/s1. The Morgan fingerprint density at radius 1 is 1.12 bits per heavy atom. The Kier molecular flexibility index (Phi) is 3.77. The zero-order valence-electron chi connectivity index (χ0n) is 9.45. The third-order valence-corrected chi connectivity index (χ3v) is 3.02. The van der Waals surface area contributed by atoms with Gasteiger partial charge in [-0.25, -0.2) is 4.39 Å². The van der Waals surface area contributed by atoms with Gasteiger partial charge < -0.3 is 5.32 Å². The molecule has 0 radical (unpaired) electrons. The lowest BCUT2D eigenvalue weighted by Crippen LogP contribution is -2.18. The molecule has 0 bridgehead atoms. The van der Waals surface area contributed by atoms with E-state index in [0.717, 1.165) is 11.1 Å². The number of nitrogens with one attached hydrogen (secondary N) is 1. The number of hydrogen-bond donors (Lipinski definition) is 1. The summed E-state index contributed by atoms with van der Waals surface area (Å²) in [6.45, 7) is 0. The van der Waals surface area contributed by atoms with E-state index in [2.05, 4.69) is 5.32 Å². The quantitative estimate of drug-likeness (QED) is 0.873. The molecule has 2 aromatic rings. The lowest BCUT2D eigenvalue weighted by atomic mass is 9.99. The van der Waals surface area contributed by atoms with Gasteiger partial charge in [0, 0.05) is 5.02 Å². The molecule has 0 aliphatic heterocycles. The van der Waals surface area contributed by atoms with Crippen molar-refractivity contribution in [3.05, 3.63) is 70.5 Å². The lowest BCUT2D eigenvalue weighted by molar-refractivity contribution is 0.623. The van der Waals surface area contributed by atoms with Gasteiger partial charge in [-0.15, -0.1) is 0 Å². The third-order valence-electron chi connectivity index (χ3n) is 2.70. The Bertz CT molecular complexity index is 499. The second-order valence-electron chi connectivity index (χ2n) is 3.80. The van der Waals surface area contributed by atoms with Crippen LogP contribution in [0.4, 0.5) is 4.39 Å². The second kappa shape index (κ2) is 5.30. The van der Waals surface area contributed by atoms with Crippen LogP contribution in [0.2, 0.25) is 5.02 Å². The first-order valence-electron chi connectivity index (χ1n) is 5.39. The number of hydrogen-bond acceptors (Lipinski definition) is 1. The van der Waals surface area contributed by atoms with Crippen molar-refractivity contribution in [2.45, 2.75) is 6.04 Å². The molecular formula is C14H13ClFN. The van der Waals surface area contributed by atoms with Crippen LogP contribution in [0.25, 0.3) is 0 Å². The summed E-state index contributed by atoms with van der Waals surface area (Å²) in [7, 11) is 1.86. The maximum Gasteiger partial charge on any atom is 0.124 e. The van der Waals surface area contributed by atoms with Gasteiger partial charge in [-0.3, -0.25) is 0 Å². The molecule has 0 fully saturated rings. The molecule has 17 heavy (non-hydrogen) atoms. The van der Waals surface area contributed by atoms with E-state index in [1.807, 2.05) is 37.4 Å². The molecule has 0 unspecified atom stereocenters. The first kappa shape index (κ1) is 12.1. The molecule has 0 aliphatic rings. The fraction of sp³-hybridized carbons (Fsp3) is 0.143. The smallest absolute Gasteiger partial charge is 0.124 e. The minimum absolute atomic E-state index is 0.0238. The topological polar surface area (TPSA) is 12.0 Å². The number of rotatable bonds is 3. The number of halogens is 2. The van der Waals surface area contributed by atoms with Crippen LogP contribution in [0.3, 0.4) is 0 Å². The summed E-state index contributed by atoms with van der Waals surface area (Å²) in [5.41, 5.74) is 1.98. The molecule has 0 saturated heterocycles. The molecule has 88 valence electrons. The normalized spacial score (nSPS) is 12.4. The van der Waals surface area contributed by atoms with Crippen molar-refractivity contribution in [2.75, 3.05) is 7.05 Å². The maximum atomic E-state index is 13.0. The molecule has 0 saturated carbocycles. The van der Waals surface area contributed by atoms with Gasteiger partial charge in [-0.2, -0.15) is 0 Å². The average molecular weight is 250 g/mol. The van der Waals surface area contributed by atoms with Crippen molar-refractivity contribution in [3.63, 3.8) is 0 Å². The fourth-order valence-corrected chi connectivity index (χ4v) is 2.16. The van der Waals surface area contributed by atoms with Gasteiger partial charge in [-0.1, -0.05) is 48.0 Å². The van der Waals surface area contributed by atoms with Crippen LogP contribution in [0.1, 0.15) is 17.2 Å². The first-order chi connectivity index (χ1) is 8.22. The molecule has 3 heteroatoms. The van der Waals surface area contributed by atoms with Crippen molar-refractivity contribution < 1.29 is 4.39 Å². The van der Waals surface area contributed by atoms with Crippen molar-refractivity contribution in [2.24, 2.45) is 0 Å². The molecule has 0 heterocycles. The van der Waals surface area contributed by atoms with E-state index in [1.165, 1.54) is 12.1 Å². The highest BCUT2D eigenvalue weighted by atomic mass is 35.5. The van der Waals surface area contributed by atoms with Crippen LogP contribution < -0.4 is 5.32 Å². The second-order valence-corrected chi connectivity index (χ2v) is 4.21. The Balaban J connectivity index is 2.42. The van der Waals surface area contributed by atoms with E-state index >= 15 is 0 Å². The molecule has 0 spiro atoms. The first-order valence-corrected chi connectivity index (χ1v) is 5.77. The summed E-state index contributed by atoms with van der Waals surface area (Å²) < 4.78 is 13.0. The molecule has 2 aromatic carbocycles. The van der Waals surface area contributed by atoms with Gasteiger partial charge in [0.1, 0.15) is 5.82 Å². The Labute approximate surface area is 105 Å². The largest absolute Gasteiger partial charge is 0.309 e. The summed E-state index contributed by atoms with van der Waals surface area (Å²) in [6.07, 6.45) is 0. The fourth-order valence-electron chi connectivity index (χ4n) is 1.88. The van der Waals surface area contributed by atoms with Gasteiger partial charge >= 0.3 is 0 Å². The molecule has 0 aromatic heterocycles. The lowest BCUT2D eigenvalue weighted by Gasteiger charge is -2.18. The minimum Gasteiger partial charge on any atom is -0.309 e. The summed E-state index contributed by atoms with van der Waals surface area (Å²) >= 11 is 6.07. The summed E-state index contributed by atoms with van der Waals surface area (Å²) in [4.78, 5) is 0. The van der Waals surface area contributed by atoms with Crippen molar-refractivity contribution in [1.82, 2.24) is 5.32 Å². The van der Waals surface area contributed by atoms with E-state index in [4.69, 9.17) is 11.6 Å². The molecule has 1 N–H and O–H groups in total. The molecule has 0 amide bonds. The Hall–Kier alpha value is -1.38. The van der Waals surface area contributed by atoms with E-state index < -0.39 is 0 Å². The highest BCUT2D eigenvalue weighted by Gasteiger charge is 2.14. The molecule has 2 rings (SSSR count). The minimum atomic E-state index is -0.318. The van der Waals surface area contributed by atoms with Crippen molar-refractivity contribution in [1.29, 1.82) is 0 Å². The van der Waals surface area contributed by atoms with Gasteiger partial charge in [-0.05, 0) is 30.3 Å². The zero-order valence-corrected chi connectivity index (χ0v) is 10.2. The monoisotopic (exact) mass is 249 g/mol. The summed E-state index contributed by atoms with van der Waals surface area (Å²) in [5, 5.41) is 3.63. The maximum absolute atomic E-state index is 13.0. The SMILES string of the molecule is CN[C@@H](c1ccccc1)c1ccc(F)cc1Cl. The Morgan fingerprint density at radius 2 is 1.82 bits per heavy atom. The van der Waals surface area contributed by atoms with Gasteiger partial charge in [0.05, 0.1) is 6.04 Å². The van der Waals surface area contributed by atoms with Gasteiger partial charge in [0.25, 0.3) is 0 Å². The van der Waals surface area contributed by atoms with Crippen molar-refractivity contribution in [3.8, 4) is 0 Å². The highest BCUT2D eigenvalue weighted by Crippen LogP contribution is 2.28. The Morgan fingerprint density at radius 3 is 2.41 bits per heavy atom. The number of benzene rings is 2.